The molecule has 1 aliphatic rings. The minimum Gasteiger partial charge on any atom is -0.342 e. The lowest BCUT2D eigenvalue weighted by Gasteiger charge is -2.16. The maximum absolute atomic E-state index is 12.5. The largest absolute Gasteiger partial charge is 0.342 e. The van der Waals surface area contributed by atoms with E-state index in [1.807, 2.05) is 23.1 Å². The van der Waals surface area contributed by atoms with E-state index in [1.165, 1.54) is 5.56 Å². The summed E-state index contributed by atoms with van der Waals surface area (Å²) >= 11 is 0. The Bertz CT molecular complexity index is 671. The van der Waals surface area contributed by atoms with Crippen molar-refractivity contribution in [2.45, 2.75) is 32.1 Å². The third-order valence-electron chi connectivity index (χ3n) is 4.68. The van der Waals surface area contributed by atoms with Gasteiger partial charge in [0.15, 0.2) is 5.82 Å². The van der Waals surface area contributed by atoms with Crippen LogP contribution in [0.2, 0.25) is 0 Å². The van der Waals surface area contributed by atoms with Crippen molar-refractivity contribution in [3.05, 3.63) is 47.6 Å². The molecule has 2 aromatic rings. The fraction of sp³-hybridized carbons (Fsp3) is 0.500. The number of likely N-dealkylation sites (tertiary alicyclic amines) is 1. The van der Waals surface area contributed by atoms with Crippen LogP contribution < -0.4 is 5.73 Å². The van der Waals surface area contributed by atoms with Crippen molar-refractivity contribution in [3.8, 4) is 0 Å². The van der Waals surface area contributed by atoms with E-state index >= 15 is 0 Å². The zero-order chi connectivity index (χ0) is 16.9. The number of amides is 1. The van der Waals surface area contributed by atoms with Gasteiger partial charge in [0.1, 0.15) is 0 Å². The van der Waals surface area contributed by atoms with E-state index in [-0.39, 0.29) is 5.91 Å². The molecular formula is C18H24N4O2. The summed E-state index contributed by atoms with van der Waals surface area (Å²) in [5, 5.41) is 3.76. The van der Waals surface area contributed by atoms with Gasteiger partial charge in [0.05, 0.1) is 0 Å². The monoisotopic (exact) mass is 328 g/mol. The molecule has 0 bridgehead atoms. The van der Waals surface area contributed by atoms with Crippen LogP contribution in [0.15, 0.2) is 34.9 Å². The Kier molecular flexibility index (Phi) is 5.25. The Labute approximate surface area is 142 Å². The number of rotatable bonds is 6. The smallest absolute Gasteiger partial charge is 0.226 e. The van der Waals surface area contributed by atoms with E-state index < -0.39 is 0 Å². The molecule has 1 aromatic heterocycles. The lowest BCUT2D eigenvalue weighted by molar-refractivity contribution is -0.130. The number of nitrogens with two attached hydrogens (primary N) is 1. The highest BCUT2D eigenvalue weighted by Crippen LogP contribution is 2.32. The number of benzene rings is 1. The lowest BCUT2D eigenvalue weighted by atomic mass is 9.89. The minimum absolute atomic E-state index is 0.183. The molecule has 6 heteroatoms. The van der Waals surface area contributed by atoms with Crippen molar-refractivity contribution < 1.29 is 9.32 Å². The second-order valence-electron chi connectivity index (χ2n) is 6.40. The lowest BCUT2D eigenvalue weighted by Crippen LogP contribution is -2.29. The molecule has 0 aliphatic carbocycles. The van der Waals surface area contributed by atoms with Crippen LogP contribution in [0.1, 0.15) is 36.0 Å². The molecule has 1 aliphatic heterocycles. The van der Waals surface area contributed by atoms with Gasteiger partial charge in [-0.3, -0.25) is 4.79 Å². The van der Waals surface area contributed by atoms with Crippen molar-refractivity contribution in [2.75, 3.05) is 19.6 Å². The normalized spacial score (nSPS) is 20.5. The predicted octanol–water partition coefficient (Wildman–Crippen LogP) is 1.90. The summed E-state index contributed by atoms with van der Waals surface area (Å²) in [7, 11) is 0. The predicted molar refractivity (Wildman–Crippen MR) is 90.3 cm³/mol. The van der Waals surface area contributed by atoms with Gasteiger partial charge < -0.3 is 15.2 Å². The summed E-state index contributed by atoms with van der Waals surface area (Å²) in [6.45, 7) is 3.89. The maximum Gasteiger partial charge on any atom is 0.226 e. The SMILES string of the molecule is Cc1noc(CCCC(=O)N2C[C@@H](CN)[C@H](c3ccccc3)C2)n1. The van der Waals surface area contributed by atoms with Crippen LogP contribution in [-0.2, 0) is 11.2 Å². The number of hydrogen-bond donors (Lipinski definition) is 1. The van der Waals surface area contributed by atoms with Crippen LogP contribution in [0.5, 0.6) is 0 Å². The Morgan fingerprint density at radius 2 is 2.12 bits per heavy atom. The van der Waals surface area contributed by atoms with E-state index in [1.54, 1.807) is 6.92 Å². The highest BCUT2D eigenvalue weighted by Gasteiger charge is 2.34. The summed E-state index contributed by atoms with van der Waals surface area (Å²) in [6.07, 6.45) is 1.86. The quantitative estimate of drug-likeness (QED) is 0.875. The minimum atomic E-state index is 0.183. The van der Waals surface area contributed by atoms with Gasteiger partial charge in [0.25, 0.3) is 0 Å². The number of hydrogen-bond acceptors (Lipinski definition) is 5. The van der Waals surface area contributed by atoms with E-state index in [2.05, 4.69) is 22.3 Å². The summed E-state index contributed by atoms with van der Waals surface area (Å²) < 4.78 is 5.08. The van der Waals surface area contributed by atoms with Crippen molar-refractivity contribution in [3.63, 3.8) is 0 Å². The first kappa shape index (κ1) is 16.6. The third-order valence-corrected chi connectivity index (χ3v) is 4.68. The van der Waals surface area contributed by atoms with Crippen LogP contribution in [-0.4, -0.2) is 40.6 Å². The Morgan fingerprint density at radius 1 is 1.33 bits per heavy atom. The molecule has 1 amide bonds. The molecule has 3 rings (SSSR count). The molecule has 2 atom stereocenters. The van der Waals surface area contributed by atoms with Gasteiger partial charge in [-0.05, 0) is 31.4 Å². The highest BCUT2D eigenvalue weighted by molar-refractivity contribution is 5.76. The number of carbonyl (C=O) groups excluding carboxylic acids is 1. The summed E-state index contributed by atoms with van der Waals surface area (Å²) in [5.74, 6) is 2.08. The Morgan fingerprint density at radius 3 is 2.79 bits per heavy atom. The van der Waals surface area contributed by atoms with Gasteiger partial charge in [-0.15, -0.1) is 0 Å². The summed E-state index contributed by atoms with van der Waals surface area (Å²) in [5.41, 5.74) is 7.20. The first-order chi connectivity index (χ1) is 11.7. The van der Waals surface area contributed by atoms with Crippen molar-refractivity contribution in [2.24, 2.45) is 11.7 Å². The molecule has 1 aromatic carbocycles. The Hall–Kier alpha value is -2.21. The molecule has 24 heavy (non-hydrogen) atoms. The highest BCUT2D eigenvalue weighted by atomic mass is 16.5. The zero-order valence-electron chi connectivity index (χ0n) is 14.0. The van der Waals surface area contributed by atoms with Crippen LogP contribution in [0, 0.1) is 12.8 Å². The molecule has 1 fully saturated rings. The van der Waals surface area contributed by atoms with Crippen molar-refractivity contribution in [1.82, 2.24) is 15.0 Å². The molecule has 1 saturated heterocycles. The fourth-order valence-electron chi connectivity index (χ4n) is 3.38. The summed E-state index contributed by atoms with van der Waals surface area (Å²) in [6, 6.07) is 10.3. The molecule has 2 N–H and O–H groups in total. The van der Waals surface area contributed by atoms with Crippen LogP contribution >= 0.6 is 0 Å². The van der Waals surface area contributed by atoms with Gasteiger partial charge in [-0.1, -0.05) is 35.5 Å². The molecule has 6 nitrogen and oxygen atoms in total. The standard InChI is InChI=1S/C18H24N4O2/c1-13-20-17(24-21-13)8-5-9-18(23)22-11-15(10-19)16(12-22)14-6-3-2-4-7-14/h2-4,6-7,15-16H,5,8-12,19H2,1H3/t15-,16+/m1/s1. The van der Waals surface area contributed by atoms with Gasteiger partial charge in [-0.25, -0.2) is 0 Å². The zero-order valence-corrected chi connectivity index (χ0v) is 14.0. The molecule has 0 spiro atoms. The van der Waals surface area contributed by atoms with Gasteiger partial charge in [-0.2, -0.15) is 4.98 Å². The van der Waals surface area contributed by atoms with E-state index in [0.29, 0.717) is 42.9 Å². The van der Waals surface area contributed by atoms with Gasteiger partial charge in [0, 0.05) is 31.8 Å². The third kappa shape index (κ3) is 3.82. The van der Waals surface area contributed by atoms with Crippen LogP contribution in [0.4, 0.5) is 0 Å². The van der Waals surface area contributed by atoms with E-state index in [9.17, 15) is 4.79 Å². The second kappa shape index (κ2) is 7.57. The fourth-order valence-corrected chi connectivity index (χ4v) is 3.38. The van der Waals surface area contributed by atoms with Crippen LogP contribution in [0.3, 0.4) is 0 Å². The first-order valence-corrected chi connectivity index (χ1v) is 8.49. The maximum atomic E-state index is 12.5. The van der Waals surface area contributed by atoms with Crippen molar-refractivity contribution >= 4 is 5.91 Å². The Balaban J connectivity index is 1.54. The van der Waals surface area contributed by atoms with Gasteiger partial charge >= 0.3 is 0 Å². The number of aromatic nitrogens is 2. The molecule has 0 unspecified atom stereocenters. The average Bonchev–Trinajstić information content (AvgIpc) is 3.22. The van der Waals surface area contributed by atoms with Crippen molar-refractivity contribution in [1.29, 1.82) is 0 Å². The average molecular weight is 328 g/mol. The summed E-state index contributed by atoms with van der Waals surface area (Å²) in [4.78, 5) is 18.6. The van der Waals surface area contributed by atoms with E-state index in [4.69, 9.17) is 10.3 Å². The molecule has 2 heterocycles. The number of carbonyl (C=O) groups is 1. The number of aryl methyl sites for hydroxylation is 2. The first-order valence-electron chi connectivity index (χ1n) is 8.49. The number of nitrogens with zero attached hydrogens (tertiary/aromatic N) is 3. The van der Waals surface area contributed by atoms with Crippen LogP contribution in [0.25, 0.3) is 0 Å². The molecule has 128 valence electrons. The molecule has 0 radical (unpaired) electrons. The molecule has 0 saturated carbocycles. The second-order valence-corrected chi connectivity index (χ2v) is 6.40. The molecular weight excluding hydrogens is 304 g/mol. The van der Waals surface area contributed by atoms with Gasteiger partial charge in [0.2, 0.25) is 11.8 Å². The topological polar surface area (TPSA) is 85.2 Å². The van der Waals surface area contributed by atoms with E-state index in [0.717, 1.165) is 19.5 Å².